The number of aromatic carboxylic acids is 1. The molecule has 2 aromatic carbocycles. The van der Waals surface area contributed by atoms with Gasteiger partial charge in [0.05, 0.1) is 32.2 Å². The van der Waals surface area contributed by atoms with Crippen molar-refractivity contribution in [1.29, 1.82) is 0 Å². The average Bonchev–Trinajstić information content (AvgIpc) is 3.22. The lowest BCUT2D eigenvalue weighted by Crippen LogP contribution is -2.06. The highest BCUT2D eigenvalue weighted by atomic mass is 16.5. The first-order valence-electron chi connectivity index (χ1n) is 8.83. The number of aromatic nitrogens is 2. The predicted octanol–water partition coefficient (Wildman–Crippen LogP) is 3.89. The van der Waals surface area contributed by atoms with Crippen molar-refractivity contribution >= 4 is 12.0 Å². The summed E-state index contributed by atoms with van der Waals surface area (Å²) < 4.78 is 13.0. The second-order valence-electron chi connectivity index (χ2n) is 6.31. The second-order valence-corrected chi connectivity index (χ2v) is 6.31. The van der Waals surface area contributed by atoms with Crippen LogP contribution in [0, 0.1) is 0 Å². The zero-order valence-corrected chi connectivity index (χ0v) is 15.6. The van der Waals surface area contributed by atoms with Crippen LogP contribution in [0.4, 0.5) is 0 Å². The lowest BCUT2D eigenvalue weighted by molar-refractivity contribution is 0.0697. The molecule has 0 aliphatic rings. The first-order chi connectivity index (χ1) is 13.6. The van der Waals surface area contributed by atoms with E-state index in [2.05, 4.69) is 4.98 Å². The highest BCUT2D eigenvalue weighted by Gasteiger charge is 2.04. The molecule has 0 atom stereocenters. The van der Waals surface area contributed by atoms with Gasteiger partial charge in [-0.15, -0.1) is 0 Å². The first-order valence-corrected chi connectivity index (χ1v) is 8.83. The van der Waals surface area contributed by atoms with E-state index in [0.29, 0.717) is 19.8 Å². The standard InChI is InChI=1S/C22H22N2O4/c1-27-21-8-4-18(5-9-21)14-28-15-19(13-24-11-10-23-16-24)12-17-2-6-20(7-3-17)22(25)26/h2-12,16H,13-15H2,1H3,(H,25,26)/b19-12-. The number of benzene rings is 2. The summed E-state index contributed by atoms with van der Waals surface area (Å²) in [5, 5.41) is 9.03. The molecule has 3 aromatic rings. The number of carboxylic acid groups (broad SMARTS) is 1. The summed E-state index contributed by atoms with van der Waals surface area (Å²) in [7, 11) is 1.64. The zero-order valence-electron chi connectivity index (χ0n) is 15.6. The Morgan fingerprint density at radius 1 is 1.14 bits per heavy atom. The molecule has 1 heterocycles. The van der Waals surface area contributed by atoms with E-state index in [1.807, 2.05) is 41.1 Å². The number of carboxylic acids is 1. The third kappa shape index (κ3) is 5.56. The Morgan fingerprint density at radius 3 is 2.50 bits per heavy atom. The molecule has 0 unspecified atom stereocenters. The van der Waals surface area contributed by atoms with Crippen molar-refractivity contribution in [2.75, 3.05) is 13.7 Å². The lowest BCUT2D eigenvalue weighted by atomic mass is 10.1. The first kappa shape index (κ1) is 19.4. The lowest BCUT2D eigenvalue weighted by Gasteiger charge is -2.11. The van der Waals surface area contributed by atoms with Crippen LogP contribution in [-0.2, 0) is 17.9 Å². The summed E-state index contributed by atoms with van der Waals surface area (Å²) in [5.74, 6) is -0.119. The van der Waals surface area contributed by atoms with Gasteiger partial charge in [0.1, 0.15) is 5.75 Å². The molecular formula is C22H22N2O4. The van der Waals surface area contributed by atoms with Crippen LogP contribution in [0.25, 0.3) is 6.08 Å². The van der Waals surface area contributed by atoms with Crippen LogP contribution in [0.3, 0.4) is 0 Å². The van der Waals surface area contributed by atoms with Gasteiger partial charge >= 0.3 is 5.97 Å². The molecule has 0 amide bonds. The molecule has 1 aromatic heterocycles. The van der Waals surface area contributed by atoms with Gasteiger partial charge in [0.25, 0.3) is 0 Å². The van der Waals surface area contributed by atoms with Gasteiger partial charge in [0.15, 0.2) is 0 Å². The largest absolute Gasteiger partial charge is 0.497 e. The number of hydrogen-bond acceptors (Lipinski definition) is 4. The summed E-state index contributed by atoms with van der Waals surface area (Å²) in [6.45, 7) is 1.58. The molecule has 0 aliphatic carbocycles. The fourth-order valence-corrected chi connectivity index (χ4v) is 2.73. The molecule has 144 valence electrons. The summed E-state index contributed by atoms with van der Waals surface area (Å²) in [6, 6.07) is 14.5. The van der Waals surface area contributed by atoms with E-state index in [1.165, 1.54) is 0 Å². The molecular weight excluding hydrogens is 356 g/mol. The fraction of sp³-hybridized carbons (Fsp3) is 0.182. The summed E-state index contributed by atoms with van der Waals surface area (Å²) in [4.78, 5) is 15.1. The molecule has 0 radical (unpaired) electrons. The minimum absolute atomic E-state index is 0.268. The molecule has 0 bridgehead atoms. The van der Waals surface area contributed by atoms with Gasteiger partial charge in [-0.05, 0) is 41.0 Å². The Hall–Kier alpha value is -3.38. The molecule has 1 N–H and O–H groups in total. The van der Waals surface area contributed by atoms with E-state index in [9.17, 15) is 4.79 Å². The Labute approximate surface area is 163 Å². The monoisotopic (exact) mass is 378 g/mol. The van der Waals surface area contributed by atoms with Crippen molar-refractivity contribution in [3.8, 4) is 5.75 Å². The van der Waals surface area contributed by atoms with Gasteiger partial charge in [-0.1, -0.05) is 30.3 Å². The number of rotatable bonds is 9. The van der Waals surface area contributed by atoms with Crippen LogP contribution >= 0.6 is 0 Å². The van der Waals surface area contributed by atoms with Crippen molar-refractivity contribution in [3.63, 3.8) is 0 Å². The van der Waals surface area contributed by atoms with Gasteiger partial charge in [-0.25, -0.2) is 9.78 Å². The molecule has 0 saturated heterocycles. The Balaban J connectivity index is 1.68. The quantitative estimate of drug-likeness (QED) is 0.611. The number of carbonyl (C=O) groups is 1. The molecule has 6 nitrogen and oxygen atoms in total. The normalized spacial score (nSPS) is 11.4. The Kier molecular flexibility index (Phi) is 6.59. The maximum Gasteiger partial charge on any atom is 0.335 e. The highest BCUT2D eigenvalue weighted by Crippen LogP contribution is 2.14. The van der Waals surface area contributed by atoms with E-state index in [4.69, 9.17) is 14.6 Å². The van der Waals surface area contributed by atoms with Crippen molar-refractivity contribution < 1.29 is 19.4 Å². The van der Waals surface area contributed by atoms with Gasteiger partial charge in [-0.3, -0.25) is 0 Å². The van der Waals surface area contributed by atoms with E-state index in [0.717, 1.165) is 22.4 Å². The number of hydrogen-bond donors (Lipinski definition) is 1. The van der Waals surface area contributed by atoms with Gasteiger partial charge < -0.3 is 19.1 Å². The molecule has 0 spiro atoms. The Bertz CT molecular complexity index is 914. The average molecular weight is 378 g/mol. The van der Waals surface area contributed by atoms with E-state index in [-0.39, 0.29) is 5.56 Å². The van der Waals surface area contributed by atoms with Crippen molar-refractivity contribution in [2.45, 2.75) is 13.2 Å². The SMILES string of the molecule is COc1ccc(COC/C(=C\c2ccc(C(=O)O)cc2)Cn2ccnc2)cc1. The van der Waals surface area contributed by atoms with Gasteiger partial charge in [0, 0.05) is 18.9 Å². The maximum absolute atomic E-state index is 11.0. The molecule has 3 rings (SSSR count). The van der Waals surface area contributed by atoms with E-state index in [1.54, 1.807) is 43.9 Å². The van der Waals surface area contributed by atoms with Gasteiger partial charge in [-0.2, -0.15) is 0 Å². The molecule has 0 saturated carbocycles. The Morgan fingerprint density at radius 2 is 1.89 bits per heavy atom. The zero-order chi connectivity index (χ0) is 19.8. The van der Waals surface area contributed by atoms with Crippen LogP contribution in [0.1, 0.15) is 21.5 Å². The number of ether oxygens (including phenoxy) is 2. The van der Waals surface area contributed by atoms with Crippen molar-refractivity contribution in [1.82, 2.24) is 9.55 Å². The van der Waals surface area contributed by atoms with Gasteiger partial charge in [0.2, 0.25) is 0 Å². The summed E-state index contributed by atoms with van der Waals surface area (Å²) in [6.07, 6.45) is 7.40. The number of nitrogens with zero attached hydrogens (tertiary/aromatic N) is 2. The molecule has 28 heavy (non-hydrogen) atoms. The molecule has 0 fully saturated rings. The minimum Gasteiger partial charge on any atom is -0.497 e. The second kappa shape index (κ2) is 9.53. The number of imidazole rings is 1. The van der Waals surface area contributed by atoms with Crippen LogP contribution < -0.4 is 4.74 Å². The van der Waals surface area contributed by atoms with E-state index >= 15 is 0 Å². The highest BCUT2D eigenvalue weighted by molar-refractivity contribution is 5.87. The fourth-order valence-electron chi connectivity index (χ4n) is 2.73. The smallest absolute Gasteiger partial charge is 0.335 e. The van der Waals surface area contributed by atoms with Crippen molar-refractivity contribution in [3.05, 3.63) is 89.5 Å². The summed E-state index contributed by atoms with van der Waals surface area (Å²) >= 11 is 0. The predicted molar refractivity (Wildman–Crippen MR) is 106 cm³/mol. The third-order valence-corrected chi connectivity index (χ3v) is 4.19. The number of methoxy groups -OCH3 is 1. The molecule has 6 heteroatoms. The van der Waals surface area contributed by atoms with Crippen LogP contribution in [0.2, 0.25) is 0 Å². The topological polar surface area (TPSA) is 73.6 Å². The summed E-state index contributed by atoms with van der Waals surface area (Å²) in [5.41, 5.74) is 3.31. The van der Waals surface area contributed by atoms with E-state index < -0.39 is 5.97 Å². The maximum atomic E-state index is 11.0. The van der Waals surface area contributed by atoms with Crippen molar-refractivity contribution in [2.24, 2.45) is 0 Å². The van der Waals surface area contributed by atoms with Crippen LogP contribution in [0.15, 0.2) is 72.8 Å². The van der Waals surface area contributed by atoms with Crippen LogP contribution in [0.5, 0.6) is 5.75 Å². The third-order valence-electron chi connectivity index (χ3n) is 4.19. The van der Waals surface area contributed by atoms with Crippen LogP contribution in [-0.4, -0.2) is 34.3 Å². The minimum atomic E-state index is -0.933. The molecule has 0 aliphatic heterocycles.